The zero-order valence-electron chi connectivity index (χ0n) is 21.4. The average Bonchev–Trinajstić information content (AvgIpc) is 3.16. The highest BCUT2D eigenvalue weighted by molar-refractivity contribution is 5.97. The van der Waals surface area contributed by atoms with Crippen LogP contribution in [-0.4, -0.2) is 57.9 Å². The van der Waals surface area contributed by atoms with E-state index in [0.29, 0.717) is 0 Å². The summed E-state index contributed by atoms with van der Waals surface area (Å²) in [6, 6.07) is 4.59. The highest BCUT2D eigenvalue weighted by Gasteiger charge is 2.25. The monoisotopic (exact) mass is 445 g/mol. The fraction of sp³-hybridized carbons (Fsp3) is 0.381. The first-order valence-electron chi connectivity index (χ1n) is 11.2. The number of amides is 1. The number of nitrogens with one attached hydrogen (secondary N) is 1. The normalized spacial score (nSPS) is 13.0. The molecule has 0 atom stereocenters. The first-order chi connectivity index (χ1) is 16.3. The lowest BCUT2D eigenvalue weighted by molar-refractivity contribution is 0.0527. The molecule has 0 aliphatic rings. The molecule has 11 nitrogen and oxygen atoms in total. The van der Waals surface area contributed by atoms with Crippen LogP contribution in [0.2, 0.25) is 0 Å². The van der Waals surface area contributed by atoms with Gasteiger partial charge in [-0.25, -0.2) is 19.6 Å². The summed E-state index contributed by atoms with van der Waals surface area (Å²) >= 11 is 0. The predicted octanol–water partition coefficient (Wildman–Crippen LogP) is 3.42. The third kappa shape index (κ3) is 4.88. The van der Waals surface area contributed by atoms with Gasteiger partial charge in [0, 0.05) is 19.3 Å². The number of aromatic nitrogens is 4. The van der Waals surface area contributed by atoms with E-state index < -0.39 is 24.7 Å². The summed E-state index contributed by atoms with van der Waals surface area (Å²) < 4.78 is 38.9. The van der Waals surface area contributed by atoms with Crippen LogP contribution in [0.4, 0.5) is 22.1 Å². The van der Waals surface area contributed by atoms with E-state index >= 15 is 0 Å². The van der Waals surface area contributed by atoms with Gasteiger partial charge in [0.15, 0.2) is 5.65 Å². The van der Waals surface area contributed by atoms with Crippen LogP contribution in [0.5, 0.6) is 5.88 Å². The van der Waals surface area contributed by atoms with Gasteiger partial charge in [-0.05, 0) is 39.8 Å². The van der Waals surface area contributed by atoms with Crippen molar-refractivity contribution < 1.29 is 27.9 Å². The number of hydrogen-bond acceptors (Lipinski definition) is 9. The van der Waals surface area contributed by atoms with Gasteiger partial charge in [0.05, 0.1) is 24.0 Å². The van der Waals surface area contributed by atoms with Crippen molar-refractivity contribution in [2.45, 2.75) is 33.3 Å². The molecule has 0 spiro atoms. The first-order valence-corrected chi connectivity index (χ1v) is 9.72. The van der Waals surface area contributed by atoms with Gasteiger partial charge in [-0.3, -0.25) is 4.90 Å². The van der Waals surface area contributed by atoms with Crippen molar-refractivity contribution in [3.8, 4) is 5.88 Å². The predicted molar refractivity (Wildman–Crippen MR) is 118 cm³/mol. The van der Waals surface area contributed by atoms with Crippen LogP contribution in [0, 0.1) is 0 Å². The lowest BCUT2D eigenvalue weighted by atomic mass is 10.2. The lowest BCUT2D eigenvalue weighted by Gasteiger charge is -2.25. The molecule has 0 bridgehead atoms. The zero-order chi connectivity index (χ0) is 26.0. The van der Waals surface area contributed by atoms with Gasteiger partial charge in [-0.15, -0.1) is 0 Å². The van der Waals surface area contributed by atoms with Crippen molar-refractivity contribution in [3.63, 3.8) is 0 Å². The molecule has 1 N–H and O–H groups in total. The first kappa shape index (κ1) is 18.8. The van der Waals surface area contributed by atoms with Gasteiger partial charge in [0.2, 0.25) is 5.88 Å². The molecule has 11 heteroatoms. The maximum absolute atomic E-state index is 12.8. The molecule has 3 aromatic rings. The van der Waals surface area contributed by atoms with E-state index in [9.17, 15) is 9.59 Å². The summed E-state index contributed by atoms with van der Waals surface area (Å²) in [7, 11) is -1.25. The molecule has 3 rings (SSSR count). The lowest BCUT2D eigenvalue weighted by Crippen LogP contribution is -2.35. The van der Waals surface area contributed by atoms with Crippen LogP contribution in [0.3, 0.4) is 0 Å². The Kier molecular flexibility index (Phi) is 5.35. The Morgan fingerprint density at radius 3 is 2.81 bits per heavy atom. The molecule has 3 heterocycles. The third-order valence-electron chi connectivity index (χ3n) is 4.09. The number of esters is 1. The summed E-state index contributed by atoms with van der Waals surface area (Å²) in [6.07, 6.45) is 1.99. The summed E-state index contributed by atoms with van der Waals surface area (Å²) in [4.78, 5) is 34.8. The summed E-state index contributed by atoms with van der Waals surface area (Å²) in [6.45, 7) is 7.01. The number of anilines is 3. The number of pyridine rings is 1. The summed E-state index contributed by atoms with van der Waals surface area (Å²) in [5.74, 6) is -0.469. The molecule has 0 aliphatic heterocycles. The Morgan fingerprint density at radius 2 is 2.12 bits per heavy atom. The van der Waals surface area contributed by atoms with Gasteiger partial charge in [0.25, 0.3) is 0 Å². The number of carbonyl (C=O) groups excluding carboxylic acids is 2. The fourth-order valence-corrected chi connectivity index (χ4v) is 2.73. The molecule has 0 aromatic carbocycles. The standard InChI is InChI=1S/C21H26N6O5/c1-7-31-19(28)13-12-23-27-16(26(5)20(29)32-21(2,3)4)11-15(25-17(13)27)24-14-9-8-10-22-18(14)30-6/h8-12H,7H2,1-6H3,(H,24,25)/i6D3. The molecule has 1 amide bonds. The zero-order valence-corrected chi connectivity index (χ0v) is 18.4. The Balaban J connectivity index is 2.11. The van der Waals surface area contributed by atoms with Crippen molar-refractivity contribution in [2.75, 3.05) is 30.9 Å². The Labute approximate surface area is 189 Å². The second-order valence-corrected chi connectivity index (χ2v) is 7.64. The second-order valence-electron chi connectivity index (χ2n) is 7.64. The van der Waals surface area contributed by atoms with Crippen molar-refractivity contribution in [2.24, 2.45) is 0 Å². The van der Waals surface area contributed by atoms with Crippen LogP contribution in [0.15, 0.2) is 30.6 Å². The number of ether oxygens (including phenoxy) is 3. The Bertz CT molecular complexity index is 1240. The molecule has 0 radical (unpaired) electrons. The van der Waals surface area contributed by atoms with E-state index in [1.54, 1.807) is 39.8 Å². The number of carbonyl (C=O) groups is 2. The molecule has 32 heavy (non-hydrogen) atoms. The molecule has 0 saturated heterocycles. The van der Waals surface area contributed by atoms with Crippen LogP contribution in [-0.2, 0) is 9.47 Å². The maximum atomic E-state index is 12.8. The van der Waals surface area contributed by atoms with Crippen molar-refractivity contribution >= 4 is 35.0 Å². The van der Waals surface area contributed by atoms with Gasteiger partial charge in [-0.1, -0.05) is 0 Å². The molecular formula is C21H26N6O5. The number of rotatable bonds is 6. The second kappa shape index (κ2) is 9.08. The van der Waals surface area contributed by atoms with E-state index in [0.717, 1.165) is 0 Å². The molecule has 3 aromatic heterocycles. The highest BCUT2D eigenvalue weighted by atomic mass is 16.6. The van der Waals surface area contributed by atoms with E-state index in [1.165, 1.54) is 34.9 Å². The van der Waals surface area contributed by atoms with Crippen LogP contribution < -0.4 is 15.0 Å². The van der Waals surface area contributed by atoms with Crippen LogP contribution in [0.25, 0.3) is 5.65 Å². The Hall–Kier alpha value is -3.89. The van der Waals surface area contributed by atoms with Crippen LogP contribution in [0.1, 0.15) is 42.2 Å². The highest BCUT2D eigenvalue weighted by Crippen LogP contribution is 2.28. The largest absolute Gasteiger partial charge is 0.480 e. The van der Waals surface area contributed by atoms with E-state index in [4.69, 9.17) is 18.3 Å². The number of fused-ring (bicyclic) bond motifs is 1. The summed E-state index contributed by atoms with van der Waals surface area (Å²) in [5.41, 5.74) is -0.389. The molecule has 0 saturated carbocycles. The molecule has 0 unspecified atom stereocenters. The van der Waals surface area contributed by atoms with E-state index in [-0.39, 0.29) is 41.0 Å². The molecule has 0 fully saturated rings. The van der Waals surface area contributed by atoms with E-state index in [2.05, 4.69) is 20.4 Å². The van der Waals surface area contributed by atoms with Gasteiger partial charge >= 0.3 is 12.1 Å². The number of nitrogens with zero attached hydrogens (tertiary/aromatic N) is 5. The van der Waals surface area contributed by atoms with Crippen molar-refractivity contribution in [1.29, 1.82) is 0 Å². The van der Waals surface area contributed by atoms with Crippen LogP contribution >= 0.6 is 0 Å². The SMILES string of the molecule is [2H]C([2H])([2H])Oc1ncccc1Nc1cc(N(C)C(=O)OC(C)(C)C)n2ncc(C(=O)OCC)c2n1. The van der Waals surface area contributed by atoms with Crippen molar-refractivity contribution in [3.05, 3.63) is 36.2 Å². The minimum absolute atomic E-state index is 0.0690. The minimum atomic E-state index is -2.73. The quantitative estimate of drug-likeness (QED) is 0.569. The average molecular weight is 445 g/mol. The number of methoxy groups -OCH3 is 1. The topological polar surface area (TPSA) is 120 Å². The van der Waals surface area contributed by atoms with Crippen molar-refractivity contribution in [1.82, 2.24) is 19.6 Å². The summed E-state index contributed by atoms with van der Waals surface area (Å²) in [5, 5.41) is 7.14. The van der Waals surface area contributed by atoms with E-state index in [1.807, 2.05) is 0 Å². The Morgan fingerprint density at radius 1 is 1.34 bits per heavy atom. The molecule has 0 aliphatic carbocycles. The number of hydrogen-bond donors (Lipinski definition) is 1. The maximum Gasteiger partial charge on any atom is 0.415 e. The fourth-order valence-electron chi connectivity index (χ4n) is 2.73. The van der Waals surface area contributed by atoms with Gasteiger partial charge < -0.3 is 19.5 Å². The minimum Gasteiger partial charge on any atom is -0.480 e. The smallest absolute Gasteiger partial charge is 0.415 e. The molecule has 170 valence electrons. The van der Waals surface area contributed by atoms with Gasteiger partial charge in [0.1, 0.15) is 28.5 Å². The third-order valence-corrected chi connectivity index (χ3v) is 4.09. The molecular weight excluding hydrogens is 416 g/mol. The van der Waals surface area contributed by atoms with Gasteiger partial charge in [-0.2, -0.15) is 9.61 Å².